The van der Waals surface area contributed by atoms with Gasteiger partial charge < -0.3 is 19.9 Å². The molecule has 0 saturated carbocycles. The zero-order chi connectivity index (χ0) is 22.1. The Balaban J connectivity index is 1.51. The lowest BCUT2D eigenvalue weighted by Crippen LogP contribution is -2.16. The number of amides is 1. The minimum atomic E-state index is -0.749. The Morgan fingerprint density at radius 2 is 1.39 bits per heavy atom. The molecule has 0 radical (unpaired) electrons. The summed E-state index contributed by atoms with van der Waals surface area (Å²) in [6, 6.07) is 22.5. The minimum Gasteiger partial charge on any atom is -0.497 e. The Bertz CT molecular complexity index is 1020. The van der Waals surface area contributed by atoms with Gasteiger partial charge in [0.1, 0.15) is 30.5 Å². The molecular weight excluding hydrogens is 460 g/mol. The van der Waals surface area contributed by atoms with Gasteiger partial charge in [0.05, 0.1) is 7.11 Å². The number of carbonyl (C=O) groups is 1. The zero-order valence-electron chi connectivity index (χ0n) is 17.1. The molecule has 1 amide bonds. The second kappa shape index (κ2) is 11.2. The van der Waals surface area contributed by atoms with Gasteiger partial charge in [0.25, 0.3) is 0 Å². The van der Waals surface area contributed by atoms with E-state index in [4.69, 9.17) is 19.9 Å². The van der Waals surface area contributed by atoms with Gasteiger partial charge in [0.15, 0.2) is 0 Å². The van der Waals surface area contributed by atoms with E-state index in [1.54, 1.807) is 43.5 Å². The third-order valence-corrected chi connectivity index (χ3v) is 5.11. The highest BCUT2D eigenvalue weighted by Crippen LogP contribution is 2.16. The van der Waals surface area contributed by atoms with E-state index in [1.807, 2.05) is 24.3 Å². The fourth-order valence-electron chi connectivity index (χ4n) is 2.68. The molecule has 3 aromatic rings. The number of amidine groups is 1. The predicted octanol–water partition coefficient (Wildman–Crippen LogP) is 5.21. The lowest BCUT2D eigenvalue weighted by Gasteiger charge is -2.08. The van der Waals surface area contributed by atoms with Crippen molar-refractivity contribution in [2.75, 3.05) is 7.11 Å². The number of aliphatic imine (C=N–C) groups is 1. The molecule has 6 nitrogen and oxygen atoms in total. The summed E-state index contributed by atoms with van der Waals surface area (Å²) in [5.41, 5.74) is 9.66. The van der Waals surface area contributed by atoms with Gasteiger partial charge >= 0.3 is 6.09 Å². The SMILES string of the molecule is COc1ccc(COC(=O)N=C(N)c2ccc(OCc3ccc(CBr)cc3)cc2)cc1. The highest BCUT2D eigenvalue weighted by Gasteiger charge is 2.06. The summed E-state index contributed by atoms with van der Waals surface area (Å²) in [5.74, 6) is 1.51. The van der Waals surface area contributed by atoms with Crippen molar-refractivity contribution in [2.24, 2.45) is 10.7 Å². The van der Waals surface area contributed by atoms with Crippen LogP contribution in [-0.4, -0.2) is 19.0 Å². The van der Waals surface area contributed by atoms with Crippen LogP contribution in [0.25, 0.3) is 0 Å². The first-order valence-corrected chi connectivity index (χ1v) is 10.7. The Kier molecular flexibility index (Phi) is 8.06. The lowest BCUT2D eigenvalue weighted by atomic mass is 10.1. The number of benzene rings is 3. The van der Waals surface area contributed by atoms with Crippen LogP contribution >= 0.6 is 15.9 Å². The first kappa shape index (κ1) is 22.4. The third-order valence-electron chi connectivity index (χ3n) is 4.47. The molecule has 0 bridgehead atoms. The zero-order valence-corrected chi connectivity index (χ0v) is 18.7. The highest BCUT2D eigenvalue weighted by atomic mass is 79.9. The third kappa shape index (κ3) is 6.86. The number of ether oxygens (including phenoxy) is 3. The molecule has 0 aliphatic rings. The van der Waals surface area contributed by atoms with Gasteiger partial charge in [-0.05, 0) is 53.1 Å². The molecule has 7 heteroatoms. The first-order chi connectivity index (χ1) is 15.1. The average molecular weight is 483 g/mol. The largest absolute Gasteiger partial charge is 0.497 e. The lowest BCUT2D eigenvalue weighted by molar-refractivity contribution is 0.151. The normalized spacial score (nSPS) is 11.1. The molecule has 3 aromatic carbocycles. The van der Waals surface area contributed by atoms with Crippen LogP contribution in [0.3, 0.4) is 0 Å². The molecule has 160 valence electrons. The molecule has 0 aromatic heterocycles. The van der Waals surface area contributed by atoms with E-state index < -0.39 is 6.09 Å². The Labute approximate surface area is 189 Å². The molecule has 0 unspecified atom stereocenters. The minimum absolute atomic E-state index is 0.0802. The van der Waals surface area contributed by atoms with Crippen LogP contribution in [0.5, 0.6) is 11.5 Å². The molecule has 0 aliphatic heterocycles. The van der Waals surface area contributed by atoms with Crippen LogP contribution in [0.15, 0.2) is 77.8 Å². The number of nitrogens with zero attached hydrogens (tertiary/aromatic N) is 1. The number of rotatable bonds is 8. The highest BCUT2D eigenvalue weighted by molar-refractivity contribution is 9.08. The second-order valence-electron chi connectivity index (χ2n) is 6.66. The van der Waals surface area contributed by atoms with Crippen molar-refractivity contribution in [2.45, 2.75) is 18.5 Å². The van der Waals surface area contributed by atoms with Crippen molar-refractivity contribution >= 4 is 27.9 Å². The summed E-state index contributed by atoms with van der Waals surface area (Å²) >= 11 is 3.43. The van der Waals surface area contributed by atoms with Gasteiger partial charge in [-0.25, -0.2) is 4.79 Å². The molecule has 0 atom stereocenters. The molecule has 0 spiro atoms. The smallest absolute Gasteiger partial charge is 0.435 e. The summed E-state index contributed by atoms with van der Waals surface area (Å²) in [6.07, 6.45) is -0.749. The molecular formula is C24H23BrN2O4. The van der Waals surface area contributed by atoms with E-state index in [1.165, 1.54) is 5.56 Å². The van der Waals surface area contributed by atoms with E-state index in [9.17, 15) is 4.79 Å². The Hall–Kier alpha value is -3.32. The summed E-state index contributed by atoms with van der Waals surface area (Å²) in [5, 5.41) is 0.827. The van der Waals surface area contributed by atoms with Gasteiger partial charge in [-0.2, -0.15) is 4.99 Å². The summed E-state index contributed by atoms with van der Waals surface area (Å²) in [6.45, 7) is 0.562. The monoisotopic (exact) mass is 482 g/mol. The summed E-state index contributed by atoms with van der Waals surface area (Å²) in [7, 11) is 1.59. The van der Waals surface area contributed by atoms with Crippen LogP contribution in [-0.2, 0) is 23.3 Å². The van der Waals surface area contributed by atoms with Crippen molar-refractivity contribution in [1.29, 1.82) is 0 Å². The van der Waals surface area contributed by atoms with Gasteiger partial charge in [0.2, 0.25) is 0 Å². The first-order valence-electron chi connectivity index (χ1n) is 9.58. The van der Waals surface area contributed by atoms with Crippen LogP contribution in [0.1, 0.15) is 22.3 Å². The van der Waals surface area contributed by atoms with Gasteiger partial charge in [-0.3, -0.25) is 0 Å². The number of alkyl halides is 1. The quantitative estimate of drug-likeness (QED) is 0.270. The molecule has 2 N–H and O–H groups in total. The molecule has 0 aliphatic carbocycles. The number of hydrogen-bond acceptors (Lipinski definition) is 4. The van der Waals surface area contributed by atoms with Crippen LogP contribution < -0.4 is 15.2 Å². The fraction of sp³-hybridized carbons (Fsp3) is 0.167. The number of halogens is 1. The predicted molar refractivity (Wildman–Crippen MR) is 124 cm³/mol. The van der Waals surface area contributed by atoms with Crippen molar-refractivity contribution < 1.29 is 19.0 Å². The van der Waals surface area contributed by atoms with Crippen LogP contribution in [0.4, 0.5) is 4.79 Å². The van der Waals surface area contributed by atoms with Crippen molar-refractivity contribution in [1.82, 2.24) is 0 Å². The number of hydrogen-bond donors (Lipinski definition) is 1. The van der Waals surface area contributed by atoms with Crippen LogP contribution in [0.2, 0.25) is 0 Å². The second-order valence-corrected chi connectivity index (χ2v) is 7.22. The molecule has 0 saturated heterocycles. The van der Waals surface area contributed by atoms with Crippen LogP contribution in [0, 0.1) is 0 Å². The summed E-state index contributed by atoms with van der Waals surface area (Å²) in [4.78, 5) is 15.8. The number of methoxy groups -OCH3 is 1. The molecule has 0 fully saturated rings. The van der Waals surface area contributed by atoms with Gasteiger partial charge in [0, 0.05) is 10.9 Å². The summed E-state index contributed by atoms with van der Waals surface area (Å²) < 4.78 is 16.0. The number of carbonyl (C=O) groups excluding carboxylic acids is 1. The van der Waals surface area contributed by atoms with E-state index in [0.29, 0.717) is 17.9 Å². The maximum absolute atomic E-state index is 12.0. The van der Waals surface area contributed by atoms with Gasteiger partial charge in [-0.1, -0.05) is 52.3 Å². The maximum atomic E-state index is 12.0. The number of nitrogens with two attached hydrogens (primary N) is 1. The molecule has 31 heavy (non-hydrogen) atoms. The van der Waals surface area contributed by atoms with E-state index in [-0.39, 0.29) is 12.4 Å². The molecule has 3 rings (SSSR count). The molecule has 0 heterocycles. The standard InChI is InChI=1S/C24H23BrN2O4/c1-29-21-10-6-19(7-11-21)16-31-24(28)27-23(26)20-8-12-22(13-9-20)30-15-18-4-2-17(14-25)3-5-18/h2-13H,14-16H2,1H3,(H2,26,27,28). The fourth-order valence-corrected chi connectivity index (χ4v) is 3.05. The maximum Gasteiger partial charge on any atom is 0.435 e. The van der Waals surface area contributed by atoms with Crippen molar-refractivity contribution in [3.63, 3.8) is 0 Å². The Morgan fingerprint density at radius 1 is 0.839 bits per heavy atom. The van der Waals surface area contributed by atoms with E-state index >= 15 is 0 Å². The van der Waals surface area contributed by atoms with Crippen molar-refractivity contribution in [3.8, 4) is 11.5 Å². The topological polar surface area (TPSA) is 83.1 Å². The van der Waals surface area contributed by atoms with Gasteiger partial charge in [-0.15, -0.1) is 0 Å². The average Bonchev–Trinajstić information content (AvgIpc) is 2.82. The van der Waals surface area contributed by atoms with Crippen molar-refractivity contribution in [3.05, 3.63) is 95.1 Å². The van der Waals surface area contributed by atoms with E-state index in [0.717, 1.165) is 22.2 Å². The Morgan fingerprint density at radius 3 is 2.00 bits per heavy atom. The van der Waals surface area contributed by atoms with E-state index in [2.05, 4.69) is 33.1 Å².